The maximum absolute atomic E-state index is 16.9. The number of hydrogen-bond donors (Lipinski definition) is 20. The number of aromatic hydroxyl groups is 4. The Balaban J connectivity index is 1.05. The number of methoxy groups -OCH3 is 1. The van der Waals surface area contributed by atoms with Gasteiger partial charge in [0.25, 0.3) is 0 Å². The third kappa shape index (κ3) is 20.9. The van der Waals surface area contributed by atoms with Gasteiger partial charge < -0.3 is 147 Å². The second kappa shape index (κ2) is 40.6. The third-order valence-electron chi connectivity index (χ3n) is 22.7. The molecule has 684 valence electrons. The van der Waals surface area contributed by atoms with Crippen molar-refractivity contribution in [2.75, 3.05) is 47.9 Å². The number of aliphatic hydroxyl groups is 7. The number of phenols is 4. The second-order valence-corrected chi connectivity index (χ2v) is 33.3. The molecule has 0 aromatic heterocycles. The van der Waals surface area contributed by atoms with Gasteiger partial charge in [0, 0.05) is 48.2 Å². The van der Waals surface area contributed by atoms with Gasteiger partial charge >= 0.3 is 5.97 Å². The van der Waals surface area contributed by atoms with Crippen LogP contribution in [0.1, 0.15) is 140 Å². The first-order valence-electron chi connectivity index (χ1n) is 41.4. The van der Waals surface area contributed by atoms with Gasteiger partial charge in [0.1, 0.15) is 131 Å². The second-order valence-electron chi connectivity index (χ2n) is 32.5. The average molecular weight is 1820 g/mol. The Hall–Kier alpha value is -11.9. The molecule has 8 heterocycles. The topological polar surface area (TPSA) is 562 Å². The molecule has 0 radical (unpaired) electrons. The lowest BCUT2D eigenvalue weighted by Gasteiger charge is -2.41. The molecule has 8 amide bonds. The molecule has 8 aliphatic rings. The van der Waals surface area contributed by atoms with Crippen molar-refractivity contribution in [3.05, 3.63) is 164 Å². The normalized spacial score (nSPS) is 25.8. The van der Waals surface area contributed by atoms with Crippen molar-refractivity contribution in [2.45, 2.75) is 181 Å². The van der Waals surface area contributed by atoms with Gasteiger partial charge in [-0.2, -0.15) is 0 Å². The first kappa shape index (κ1) is 93.7. The molecule has 38 nitrogen and oxygen atoms in total. The van der Waals surface area contributed by atoms with Crippen molar-refractivity contribution in [1.82, 2.24) is 52.8 Å². The lowest BCUT2D eigenvalue weighted by Crippen LogP contribution is -2.66. The van der Waals surface area contributed by atoms with E-state index in [1.54, 1.807) is 14.1 Å². The predicted molar refractivity (Wildman–Crippen MR) is 452 cm³/mol. The van der Waals surface area contributed by atoms with Gasteiger partial charge in [-0.05, 0) is 153 Å². The first-order valence-corrected chi connectivity index (χ1v) is 42.1. The molecule has 7 aromatic rings. The Kier molecular flexibility index (Phi) is 29.7. The zero-order valence-corrected chi connectivity index (χ0v) is 71.5. The number of ether oxygens (including phenoxy) is 8. The highest BCUT2D eigenvalue weighted by molar-refractivity contribution is 6.33. The molecule has 0 aliphatic carbocycles. The van der Waals surface area contributed by atoms with E-state index >= 15 is 28.8 Å². The summed E-state index contributed by atoms with van der Waals surface area (Å²) in [7, 11) is 5.93. The van der Waals surface area contributed by atoms with Crippen molar-refractivity contribution in [3.63, 3.8) is 0 Å². The van der Waals surface area contributed by atoms with Gasteiger partial charge in [0.05, 0.1) is 23.8 Å². The summed E-state index contributed by atoms with van der Waals surface area (Å²) >= 11 is 14.3. The first-order chi connectivity index (χ1) is 61.1. The summed E-state index contributed by atoms with van der Waals surface area (Å²) in [5.74, 6) is -16.6. The van der Waals surface area contributed by atoms with Gasteiger partial charge in [-0.15, -0.1) is 0 Å². The SMILES string of the molecule is CN[C@H]1C(=O)N[C@@H]2Cc3ccc(cc3)Oc3cc4cc(c3O[C@@H]3O[C@H](C(=O)OC)[C@@H](O)[C@H](O)[C@H]3NC(=O)CCCCCCCC(C)C)Oc3ccc(cc3Cl)[C@@H](O)[C@@H]3NC(=O)[C@H](NC(=O)[C@@H]4NC(=O)[C@@H](NC2=O)c2cc(cc(O)c2Cl)Oc2cc1ccc2O)c1ccc(O)c(c1)-c1c(O[C@H]2O[C@H](CO)[C@@H](O)[C@H](O)[C@@H]2O)cc(O)cc1[C@H](C(=O)NCCCN(C)C)NC3=O. The number of carbonyl (C=O) groups excluding carboxylic acids is 9. The van der Waals surface area contributed by atoms with Gasteiger partial charge in [-0.1, -0.05) is 99.5 Å². The summed E-state index contributed by atoms with van der Waals surface area (Å²) in [6.07, 6.45) is -16.2. The van der Waals surface area contributed by atoms with Gasteiger partial charge in [0.2, 0.25) is 65.6 Å². The number of halogens is 2. The maximum Gasteiger partial charge on any atom is 0.337 e. The van der Waals surface area contributed by atoms with Gasteiger partial charge in [0.15, 0.2) is 29.1 Å². The summed E-state index contributed by atoms with van der Waals surface area (Å²) in [5, 5.41) is 151. The Morgan fingerprint density at radius 1 is 0.570 bits per heavy atom. The number of nitrogens with zero attached hydrogens (tertiary/aromatic N) is 1. The van der Waals surface area contributed by atoms with E-state index in [2.05, 4.69) is 61.7 Å². The number of unbranched alkanes of at least 4 members (excludes halogenated alkanes) is 4. The van der Waals surface area contributed by atoms with E-state index in [4.69, 9.17) is 61.1 Å². The van der Waals surface area contributed by atoms with Crippen LogP contribution >= 0.6 is 23.2 Å². The van der Waals surface area contributed by atoms with Gasteiger partial charge in [-0.3, -0.25) is 38.4 Å². The fraction of sp³-hybridized carbons (Fsp3) is 0.420. The minimum Gasteiger partial charge on any atom is -0.508 e. The summed E-state index contributed by atoms with van der Waals surface area (Å²) < 4.78 is 49.9. The number of nitrogens with one attached hydrogen (secondary N) is 9. The van der Waals surface area contributed by atoms with Crippen LogP contribution in [0.2, 0.25) is 10.0 Å². The Bertz CT molecular complexity index is 5340. The van der Waals surface area contributed by atoms with E-state index in [1.807, 2.05) is 4.90 Å². The summed E-state index contributed by atoms with van der Waals surface area (Å²) in [6.45, 7) is 3.59. The van der Waals surface area contributed by atoms with Crippen molar-refractivity contribution in [3.8, 4) is 80.1 Å². The minimum absolute atomic E-state index is 0.0897. The predicted octanol–water partition coefficient (Wildman–Crippen LogP) is 3.87. The van der Waals surface area contributed by atoms with E-state index < -0.39 is 271 Å². The monoisotopic (exact) mass is 1810 g/mol. The minimum atomic E-state index is -2.44. The summed E-state index contributed by atoms with van der Waals surface area (Å²) in [6, 6.07) is 6.05. The van der Waals surface area contributed by atoms with Crippen molar-refractivity contribution in [1.29, 1.82) is 0 Å². The Labute approximate surface area is 742 Å². The average Bonchev–Trinajstić information content (AvgIpc) is 0.767. The van der Waals surface area contributed by atoms with Crippen molar-refractivity contribution in [2.24, 2.45) is 5.92 Å². The number of rotatable bonds is 21. The van der Waals surface area contributed by atoms with Crippen LogP contribution in [0, 0.1) is 5.92 Å². The molecule has 0 saturated carbocycles. The van der Waals surface area contributed by atoms with Crippen LogP contribution in [0.4, 0.5) is 0 Å². The summed E-state index contributed by atoms with van der Waals surface area (Å²) in [5.41, 5.74) is -2.59. The highest BCUT2D eigenvalue weighted by Gasteiger charge is 2.52. The standard InChI is InChI=1S/C88H100Cl2N10O28/c1-38(2)13-10-8-7-9-11-14-61(106)94-70-73(109)75(111)78(86(120)121-6)128-87(70)127-77-58-31-43-32-59(77)124-55-24-19-42(29-50(55)89)71(107)69-85(119)98-67(80(114)92-25-12-26-100(4)5)48-33-44(102)34-57(125-88-76(112)74(110)72(108)60(37-101)126-88)62(48)47-28-40(17-22-52(47)103)65(82(116)99-69)95-83(117)66(43)96-84(118)68-49-35-46(36-54(105)63(49)90)123-56-30-41(18-23-53(56)104)64(91-3)81(115)93-51(79(113)97-68)27-39-15-20-45(122-58)21-16-39/h15-24,28-36,38,51,60,64-76,78,87-88,91,101-105,107-112H,7-14,25-27,37H2,1-6H3,(H,92,114)(H,93,115)(H,94,106)(H,95,117)(H,96,118)(H,97,113)(H,98,119)(H,99,116)/t51-,60-,64-,65-,66-,67-,68+,69+,70-,71-,72-,73-,74+,75+,76+,78+,87-,88+/m1/s1. The molecule has 0 unspecified atom stereocenters. The Morgan fingerprint density at radius 3 is 1.93 bits per heavy atom. The molecular weight excluding hydrogens is 1720 g/mol. The highest BCUT2D eigenvalue weighted by Crippen LogP contribution is 2.51. The number of hydrogen-bond acceptors (Lipinski definition) is 30. The zero-order valence-electron chi connectivity index (χ0n) is 70.0. The van der Waals surface area contributed by atoms with Crippen LogP contribution in [0.3, 0.4) is 0 Å². The summed E-state index contributed by atoms with van der Waals surface area (Å²) in [4.78, 5) is 141. The van der Waals surface area contributed by atoms with Crippen LogP contribution in [-0.4, -0.2) is 236 Å². The zero-order chi connectivity index (χ0) is 92.0. The molecule has 2 fully saturated rings. The van der Waals surface area contributed by atoms with Crippen molar-refractivity contribution < 1.29 is 137 Å². The largest absolute Gasteiger partial charge is 0.508 e. The third-order valence-corrected chi connectivity index (χ3v) is 23.4. The molecule has 40 heteroatoms. The molecule has 128 heavy (non-hydrogen) atoms. The van der Waals surface area contributed by atoms with E-state index in [9.17, 15) is 70.6 Å². The number of aliphatic hydroxyl groups excluding tert-OH is 7. The number of likely N-dealkylation sites (N-methyl/N-ethyl adjacent to an activating group) is 1. The van der Waals surface area contributed by atoms with Gasteiger partial charge in [-0.25, -0.2) is 4.79 Å². The smallest absolute Gasteiger partial charge is 0.337 e. The fourth-order valence-electron chi connectivity index (χ4n) is 15.8. The van der Waals surface area contributed by atoms with Crippen LogP contribution < -0.4 is 71.5 Å². The number of amides is 8. The highest BCUT2D eigenvalue weighted by atomic mass is 35.5. The van der Waals surface area contributed by atoms with E-state index in [0.717, 1.165) is 99.5 Å². The quantitative estimate of drug-likeness (QED) is 0.0359. The number of fused-ring (bicyclic) bond motifs is 14. The molecular formula is C88H100Cl2N10O28. The number of carbonyl (C=O) groups is 9. The maximum atomic E-state index is 16.9. The lowest BCUT2D eigenvalue weighted by molar-refractivity contribution is -0.277. The molecule has 8 aliphatic heterocycles. The number of esters is 1. The molecule has 0 spiro atoms. The fourth-order valence-corrected chi connectivity index (χ4v) is 16.3. The molecule has 20 N–H and O–H groups in total. The van der Waals surface area contributed by atoms with Crippen LogP contribution in [0.25, 0.3) is 11.1 Å². The molecule has 17 bridgehead atoms. The molecule has 2 saturated heterocycles. The van der Waals surface area contributed by atoms with Crippen molar-refractivity contribution >= 4 is 76.4 Å². The lowest BCUT2D eigenvalue weighted by atomic mass is 9.89. The number of benzene rings is 7. The van der Waals surface area contributed by atoms with Crippen LogP contribution in [0.15, 0.2) is 115 Å². The van der Waals surface area contributed by atoms with E-state index in [0.29, 0.717) is 37.3 Å². The molecule has 7 aromatic carbocycles. The van der Waals surface area contributed by atoms with Crippen LogP contribution in [-0.2, 0) is 63.8 Å². The van der Waals surface area contributed by atoms with E-state index in [-0.39, 0.29) is 41.3 Å². The molecule has 18 atom stereocenters. The van der Waals surface area contributed by atoms with E-state index in [1.165, 1.54) is 55.6 Å². The molecule has 15 rings (SSSR count). The number of phenolic OH excluding ortho intramolecular Hbond substituents is 4. The van der Waals surface area contributed by atoms with Crippen LogP contribution in [0.5, 0.6) is 69.0 Å². The Morgan fingerprint density at radius 2 is 1.23 bits per heavy atom.